The standard InChI is InChI=1S/C38H80N.2C5H5.2ClH.Ti/c1-5-7-9-11-13-15-17-19-21-23-25-27-29-31-33-35-37-39(3,4)38-36-34-32-30-28-26-24-22-20-18-16-14-12-10-8-6-2;2*1-2-4-5-3-1;;;/h5-38H2,1-4H3;2*1-3H,4H2;2*1H;/q+1;;;;;+1/p-2. The Labute approximate surface area is 349 Å². The molecule has 0 radical (unpaired) electrons. The van der Waals surface area contributed by atoms with Gasteiger partial charge in [-0.2, -0.15) is 0 Å². The Hall–Kier alpha value is 0.214. The van der Waals surface area contributed by atoms with Crippen LogP contribution in [0.5, 0.6) is 0 Å². The summed E-state index contributed by atoms with van der Waals surface area (Å²) in [5, 5.41) is 0. The van der Waals surface area contributed by atoms with E-state index in [1.54, 1.807) is 7.76 Å². The molecule has 0 spiro atoms. The third-order valence-corrected chi connectivity index (χ3v) is 13.3. The minimum atomic E-state index is 0. The first kappa shape index (κ1) is 54.3. The summed E-state index contributed by atoms with van der Waals surface area (Å²) >= 11 is 0.0833. The normalized spacial score (nSPS) is 13.2. The van der Waals surface area contributed by atoms with Crippen LogP contribution in [0.3, 0.4) is 0 Å². The zero-order valence-corrected chi connectivity index (χ0v) is 38.7. The Morgan fingerprint density at radius 2 is 0.615 bits per heavy atom. The van der Waals surface area contributed by atoms with Crippen LogP contribution in [-0.2, 0) is 19.2 Å². The topological polar surface area (TPSA) is 0 Å². The Kier molecular flexibility index (Phi) is 44.2. The van der Waals surface area contributed by atoms with Crippen LogP contribution in [0.4, 0.5) is 0 Å². The molecule has 0 aliphatic heterocycles. The summed E-state index contributed by atoms with van der Waals surface area (Å²) in [6.07, 6.45) is 62.8. The molecule has 0 saturated heterocycles. The SMILES string of the molecule is C1=CC[C]([Ti+][C]2=CC=CC2)=C1.CCCCCCCCCCCCCCCCCC[N+](C)(C)CCCCCCCCCCCCCCCCCC.[Cl-].[Cl-]. The van der Waals surface area contributed by atoms with Crippen molar-refractivity contribution >= 4 is 0 Å². The maximum Gasteiger partial charge on any atom is 0.0782 e. The van der Waals surface area contributed by atoms with Crippen LogP contribution in [-0.4, -0.2) is 31.7 Å². The predicted octanol–water partition coefficient (Wildman–Crippen LogP) is 10.4. The summed E-state index contributed by atoms with van der Waals surface area (Å²) in [7, 11) is 4.94. The van der Waals surface area contributed by atoms with E-state index in [0.717, 1.165) is 0 Å². The van der Waals surface area contributed by atoms with Gasteiger partial charge in [0, 0.05) is 0 Å². The van der Waals surface area contributed by atoms with Crippen molar-refractivity contribution in [1.29, 1.82) is 0 Å². The summed E-state index contributed by atoms with van der Waals surface area (Å²) in [5.41, 5.74) is 0. The van der Waals surface area contributed by atoms with E-state index in [4.69, 9.17) is 0 Å². The van der Waals surface area contributed by atoms with Crippen molar-refractivity contribution in [1.82, 2.24) is 0 Å². The Balaban J connectivity index is 0. The van der Waals surface area contributed by atoms with Crippen molar-refractivity contribution in [3.8, 4) is 0 Å². The Morgan fingerprint density at radius 1 is 0.385 bits per heavy atom. The molecule has 0 aromatic heterocycles. The van der Waals surface area contributed by atoms with Crippen LogP contribution in [0, 0.1) is 0 Å². The van der Waals surface area contributed by atoms with Gasteiger partial charge in [-0.15, -0.1) is 0 Å². The van der Waals surface area contributed by atoms with Crippen molar-refractivity contribution in [3.05, 3.63) is 44.2 Å². The fourth-order valence-electron chi connectivity index (χ4n) is 7.57. The molecular formula is C48H90Cl2NTi. The number of halogens is 2. The number of nitrogens with zero attached hydrogens (tertiary/aromatic N) is 1. The molecular weight excluding hydrogens is 709 g/mol. The van der Waals surface area contributed by atoms with Gasteiger partial charge in [-0.3, -0.25) is 0 Å². The second-order valence-electron chi connectivity index (χ2n) is 16.8. The van der Waals surface area contributed by atoms with E-state index < -0.39 is 0 Å². The molecule has 0 N–H and O–H groups in total. The fraction of sp³-hybridized carbons (Fsp3) is 0.833. The van der Waals surface area contributed by atoms with Crippen LogP contribution in [0.2, 0.25) is 0 Å². The van der Waals surface area contributed by atoms with Crippen molar-refractivity contribution in [3.63, 3.8) is 0 Å². The minimum Gasteiger partial charge on any atom is -1.00 e. The Bertz CT molecular complexity index is 779. The third-order valence-electron chi connectivity index (χ3n) is 11.1. The van der Waals surface area contributed by atoms with Gasteiger partial charge < -0.3 is 29.3 Å². The molecule has 2 rings (SSSR count). The van der Waals surface area contributed by atoms with Crippen LogP contribution >= 0.6 is 0 Å². The van der Waals surface area contributed by atoms with Gasteiger partial charge in [0.25, 0.3) is 0 Å². The molecule has 0 bridgehead atoms. The van der Waals surface area contributed by atoms with E-state index in [-0.39, 0.29) is 44.0 Å². The van der Waals surface area contributed by atoms with Crippen molar-refractivity contribution in [2.24, 2.45) is 0 Å². The van der Waals surface area contributed by atoms with Crippen LogP contribution in [0.1, 0.15) is 232 Å². The molecule has 2 aliphatic rings. The summed E-state index contributed by atoms with van der Waals surface area (Å²) in [6, 6.07) is 0. The summed E-state index contributed by atoms with van der Waals surface area (Å²) in [6.45, 7) is 7.39. The Morgan fingerprint density at radius 3 is 0.827 bits per heavy atom. The summed E-state index contributed by atoms with van der Waals surface area (Å²) in [5.74, 6) is 0. The molecule has 2 aliphatic carbocycles. The largest absolute Gasteiger partial charge is 1.00 e. The first-order chi connectivity index (χ1) is 24.6. The van der Waals surface area contributed by atoms with Gasteiger partial charge in [0.15, 0.2) is 0 Å². The van der Waals surface area contributed by atoms with Crippen molar-refractivity contribution in [2.45, 2.75) is 232 Å². The molecule has 0 unspecified atom stereocenters. The van der Waals surface area contributed by atoms with Crippen molar-refractivity contribution < 1.29 is 48.5 Å². The number of allylic oxidation sites excluding steroid dienone is 8. The van der Waals surface area contributed by atoms with E-state index in [1.165, 1.54) is 236 Å². The summed E-state index contributed by atoms with van der Waals surface area (Å²) < 4.78 is 4.61. The van der Waals surface area contributed by atoms with Gasteiger partial charge in [0.1, 0.15) is 0 Å². The van der Waals surface area contributed by atoms with Gasteiger partial charge >= 0.3 is 76.2 Å². The van der Waals surface area contributed by atoms with E-state index in [2.05, 4.69) is 64.4 Å². The fourth-order valence-corrected chi connectivity index (χ4v) is 9.47. The molecule has 4 heteroatoms. The number of unbranched alkanes of at least 4 members (excludes halogenated alkanes) is 30. The number of quaternary nitrogens is 1. The minimum absolute atomic E-state index is 0. The third kappa shape index (κ3) is 38.5. The zero-order valence-electron chi connectivity index (χ0n) is 35.6. The smallest absolute Gasteiger partial charge is 0.0782 e. The second kappa shape index (κ2) is 42.4. The van der Waals surface area contributed by atoms with Gasteiger partial charge in [-0.25, -0.2) is 0 Å². The molecule has 305 valence electrons. The average molecular weight is 800 g/mol. The van der Waals surface area contributed by atoms with E-state index in [9.17, 15) is 0 Å². The first-order valence-electron chi connectivity index (χ1n) is 22.9. The first-order valence-corrected chi connectivity index (χ1v) is 24.4. The number of rotatable bonds is 36. The maximum absolute atomic E-state index is 2.47. The number of hydrogen-bond donors (Lipinski definition) is 0. The summed E-state index contributed by atoms with van der Waals surface area (Å²) in [4.78, 5) is 0. The van der Waals surface area contributed by atoms with Gasteiger partial charge in [0.05, 0.1) is 27.2 Å². The molecule has 0 atom stereocenters. The van der Waals surface area contributed by atoms with Crippen LogP contribution in [0.25, 0.3) is 0 Å². The van der Waals surface area contributed by atoms with Gasteiger partial charge in [0.2, 0.25) is 0 Å². The van der Waals surface area contributed by atoms with E-state index in [0.29, 0.717) is 0 Å². The van der Waals surface area contributed by atoms with E-state index >= 15 is 0 Å². The average Bonchev–Trinajstić information content (AvgIpc) is 3.83. The molecule has 1 nitrogen and oxygen atoms in total. The monoisotopic (exact) mass is 799 g/mol. The molecule has 0 aromatic rings. The number of hydrogen-bond acceptors (Lipinski definition) is 0. The second-order valence-corrected chi connectivity index (χ2v) is 19.2. The molecule has 0 amide bonds. The van der Waals surface area contributed by atoms with Crippen LogP contribution in [0.15, 0.2) is 44.2 Å². The predicted molar refractivity (Wildman–Crippen MR) is 225 cm³/mol. The van der Waals surface area contributed by atoms with Crippen molar-refractivity contribution in [2.75, 3.05) is 27.2 Å². The quantitative estimate of drug-likeness (QED) is 0.0337. The molecule has 0 fully saturated rings. The molecule has 0 aromatic carbocycles. The van der Waals surface area contributed by atoms with Gasteiger partial charge in [-0.1, -0.05) is 194 Å². The molecule has 0 saturated carbocycles. The maximum atomic E-state index is 2.47. The molecule has 0 heterocycles. The van der Waals surface area contributed by atoms with E-state index in [1.807, 2.05) is 0 Å². The zero-order chi connectivity index (χ0) is 36.1. The van der Waals surface area contributed by atoms with Gasteiger partial charge in [-0.05, 0) is 25.7 Å². The molecule has 52 heavy (non-hydrogen) atoms. The van der Waals surface area contributed by atoms with Crippen LogP contribution < -0.4 is 24.8 Å².